The lowest BCUT2D eigenvalue weighted by molar-refractivity contribution is -0.119. The summed E-state index contributed by atoms with van der Waals surface area (Å²) in [5, 5.41) is 16.0. The Hall–Kier alpha value is -1.80. The van der Waals surface area contributed by atoms with E-state index in [4.69, 9.17) is 9.52 Å². The number of rotatable bonds is 4. The van der Waals surface area contributed by atoms with Gasteiger partial charge < -0.3 is 20.2 Å². The molecule has 28 heavy (non-hydrogen) atoms. The van der Waals surface area contributed by atoms with Crippen LogP contribution >= 0.6 is 24.8 Å². The molecule has 9 heteroatoms. The lowest BCUT2D eigenvalue weighted by Gasteiger charge is -2.34. The quantitative estimate of drug-likeness (QED) is 0.690. The molecule has 1 amide bonds. The number of amides is 1. The number of hydrogen-bond acceptors (Lipinski definition) is 5. The number of likely N-dealkylation sites (tertiary alicyclic amines) is 1. The van der Waals surface area contributed by atoms with Crippen molar-refractivity contribution in [1.82, 2.24) is 10.2 Å². The fourth-order valence-corrected chi connectivity index (χ4v) is 4.05. The van der Waals surface area contributed by atoms with E-state index in [1.165, 1.54) is 25.3 Å². The minimum Gasteiger partial charge on any atom is -0.475 e. The first-order chi connectivity index (χ1) is 12.6. The highest BCUT2D eigenvalue weighted by molar-refractivity contribution is 5.98. The third kappa shape index (κ3) is 4.60. The number of hydrogen-bond donors (Lipinski definition) is 3. The molecule has 3 N–H and O–H groups in total. The molecule has 2 aromatic rings. The number of anilines is 1. The Morgan fingerprint density at radius 2 is 1.89 bits per heavy atom. The molecular formula is C19H25Cl2N3O4. The molecule has 1 aromatic heterocycles. The van der Waals surface area contributed by atoms with Gasteiger partial charge in [0.05, 0.1) is 0 Å². The number of nitrogens with one attached hydrogen (secondary N) is 2. The normalized spacial score (nSPS) is 22.3. The maximum absolute atomic E-state index is 12.8. The molecule has 2 saturated heterocycles. The largest absolute Gasteiger partial charge is 0.475 e. The molecule has 2 aliphatic rings. The number of carboxylic acid groups (broad SMARTS) is 1. The molecule has 0 bridgehead atoms. The monoisotopic (exact) mass is 429 g/mol. The highest BCUT2D eigenvalue weighted by atomic mass is 35.5. The summed E-state index contributed by atoms with van der Waals surface area (Å²) in [7, 11) is 0. The highest BCUT2D eigenvalue weighted by Crippen LogP contribution is 2.25. The van der Waals surface area contributed by atoms with Gasteiger partial charge in [0.1, 0.15) is 11.6 Å². The van der Waals surface area contributed by atoms with Crippen LogP contribution in [0.4, 0.5) is 5.69 Å². The summed E-state index contributed by atoms with van der Waals surface area (Å²) in [6.07, 6.45) is 4.67. The van der Waals surface area contributed by atoms with Crippen LogP contribution in [0.25, 0.3) is 11.0 Å². The van der Waals surface area contributed by atoms with Gasteiger partial charge in [0, 0.05) is 17.1 Å². The van der Waals surface area contributed by atoms with Crippen molar-refractivity contribution in [2.45, 2.75) is 37.8 Å². The first-order valence-electron chi connectivity index (χ1n) is 9.17. The summed E-state index contributed by atoms with van der Waals surface area (Å²) in [6, 6.07) is 6.65. The Morgan fingerprint density at radius 1 is 1.14 bits per heavy atom. The van der Waals surface area contributed by atoms with Crippen molar-refractivity contribution < 1.29 is 19.1 Å². The number of carboxylic acids is 1. The lowest BCUT2D eigenvalue weighted by Crippen LogP contribution is -2.51. The summed E-state index contributed by atoms with van der Waals surface area (Å²) in [5.41, 5.74) is 1.14. The van der Waals surface area contributed by atoms with Crippen LogP contribution in [0.15, 0.2) is 28.7 Å². The zero-order chi connectivity index (χ0) is 18.1. The standard InChI is InChI=1S/C19H23N3O4.2ClH/c23-18(17-14(6-7-20-17)22-8-2-1-3-9-22)21-13-4-5-15-12(10-13)11-16(26-15)19(24)25;;/h4-5,10-11,14,17,20H,1-3,6-9H2,(H,21,23)(H,24,25);2*1H/t14-,17-;;/m1../s1. The third-order valence-corrected chi connectivity index (χ3v) is 5.33. The summed E-state index contributed by atoms with van der Waals surface area (Å²) < 4.78 is 5.25. The molecule has 7 nitrogen and oxygen atoms in total. The number of fused-ring (bicyclic) bond motifs is 1. The van der Waals surface area contributed by atoms with Crippen molar-refractivity contribution in [1.29, 1.82) is 0 Å². The van der Waals surface area contributed by atoms with E-state index in [1.54, 1.807) is 18.2 Å². The minimum atomic E-state index is -1.11. The summed E-state index contributed by atoms with van der Waals surface area (Å²) >= 11 is 0. The van der Waals surface area contributed by atoms with E-state index >= 15 is 0 Å². The maximum atomic E-state index is 12.8. The first kappa shape index (κ1) is 22.5. The van der Waals surface area contributed by atoms with Gasteiger partial charge in [-0.05, 0) is 63.2 Å². The number of piperidine rings is 1. The Labute approximate surface area is 175 Å². The minimum absolute atomic E-state index is 0. The summed E-state index contributed by atoms with van der Waals surface area (Å²) in [5.74, 6) is -1.25. The van der Waals surface area contributed by atoms with Crippen molar-refractivity contribution in [3.8, 4) is 0 Å². The zero-order valence-electron chi connectivity index (χ0n) is 15.3. The van der Waals surface area contributed by atoms with Crippen LogP contribution in [0.3, 0.4) is 0 Å². The zero-order valence-corrected chi connectivity index (χ0v) is 17.0. The topological polar surface area (TPSA) is 94.8 Å². The Morgan fingerprint density at radius 3 is 2.61 bits per heavy atom. The molecule has 0 radical (unpaired) electrons. The average Bonchev–Trinajstić information content (AvgIpc) is 3.29. The number of nitrogens with zero attached hydrogens (tertiary/aromatic N) is 1. The maximum Gasteiger partial charge on any atom is 0.371 e. The lowest BCUT2D eigenvalue weighted by atomic mass is 10.0. The van der Waals surface area contributed by atoms with Crippen LogP contribution in [0, 0.1) is 0 Å². The van der Waals surface area contributed by atoms with E-state index < -0.39 is 5.97 Å². The molecule has 154 valence electrons. The number of carbonyl (C=O) groups is 2. The summed E-state index contributed by atoms with van der Waals surface area (Å²) in [4.78, 5) is 26.3. The molecule has 4 rings (SSSR count). The molecule has 3 heterocycles. The molecule has 0 saturated carbocycles. The van der Waals surface area contributed by atoms with Crippen molar-refractivity contribution >= 4 is 53.3 Å². The Bertz CT molecular complexity index is 836. The van der Waals surface area contributed by atoms with Crippen molar-refractivity contribution in [2.75, 3.05) is 25.0 Å². The van der Waals surface area contributed by atoms with E-state index in [0.29, 0.717) is 16.7 Å². The number of furan rings is 1. The highest BCUT2D eigenvalue weighted by Gasteiger charge is 2.36. The van der Waals surface area contributed by atoms with E-state index in [9.17, 15) is 9.59 Å². The molecule has 2 aliphatic heterocycles. The molecule has 0 unspecified atom stereocenters. The van der Waals surface area contributed by atoms with Crippen molar-refractivity contribution in [3.63, 3.8) is 0 Å². The second-order valence-electron chi connectivity index (χ2n) is 7.04. The molecule has 0 spiro atoms. The number of aromatic carboxylic acids is 1. The second kappa shape index (κ2) is 9.60. The van der Waals surface area contributed by atoms with E-state index in [-0.39, 0.29) is 48.6 Å². The Balaban J connectivity index is 0.00000140. The van der Waals surface area contributed by atoms with Gasteiger partial charge in [-0.25, -0.2) is 4.79 Å². The number of halogens is 2. The number of carbonyl (C=O) groups excluding carboxylic acids is 1. The molecule has 2 fully saturated rings. The van der Waals surface area contributed by atoms with Gasteiger partial charge in [0.25, 0.3) is 0 Å². The fourth-order valence-electron chi connectivity index (χ4n) is 4.05. The predicted octanol–water partition coefficient (Wildman–Crippen LogP) is 3.13. The van der Waals surface area contributed by atoms with Gasteiger partial charge in [-0.3, -0.25) is 9.69 Å². The van der Waals surface area contributed by atoms with E-state index in [0.717, 1.165) is 26.1 Å². The van der Waals surface area contributed by atoms with Crippen molar-refractivity contribution in [3.05, 3.63) is 30.0 Å². The van der Waals surface area contributed by atoms with Gasteiger partial charge in [-0.1, -0.05) is 6.42 Å². The molecular weight excluding hydrogens is 405 g/mol. The average molecular weight is 430 g/mol. The predicted molar refractivity (Wildman–Crippen MR) is 112 cm³/mol. The molecule has 2 atom stereocenters. The Kier molecular flexibility index (Phi) is 7.71. The van der Waals surface area contributed by atoms with Crippen LogP contribution in [0.1, 0.15) is 36.2 Å². The summed E-state index contributed by atoms with van der Waals surface area (Å²) in [6.45, 7) is 2.98. The smallest absolute Gasteiger partial charge is 0.371 e. The van der Waals surface area contributed by atoms with Crippen LogP contribution in [0.2, 0.25) is 0 Å². The fraction of sp³-hybridized carbons (Fsp3) is 0.474. The van der Waals surface area contributed by atoms with E-state index in [1.807, 2.05) is 0 Å². The van der Waals surface area contributed by atoms with Gasteiger partial charge in [0.2, 0.25) is 11.7 Å². The van der Waals surface area contributed by atoms with Gasteiger partial charge in [-0.2, -0.15) is 0 Å². The van der Waals surface area contributed by atoms with Crippen LogP contribution in [-0.4, -0.2) is 53.6 Å². The van der Waals surface area contributed by atoms with Gasteiger partial charge in [-0.15, -0.1) is 24.8 Å². The number of benzene rings is 1. The van der Waals surface area contributed by atoms with Gasteiger partial charge in [0.15, 0.2) is 0 Å². The molecule has 0 aliphatic carbocycles. The van der Waals surface area contributed by atoms with Gasteiger partial charge >= 0.3 is 5.97 Å². The first-order valence-corrected chi connectivity index (χ1v) is 9.17. The van der Waals surface area contributed by atoms with Crippen molar-refractivity contribution in [2.24, 2.45) is 0 Å². The third-order valence-electron chi connectivity index (χ3n) is 5.33. The van der Waals surface area contributed by atoms with E-state index in [2.05, 4.69) is 15.5 Å². The molecule has 1 aromatic carbocycles. The van der Waals surface area contributed by atoms with Crippen LogP contribution in [0.5, 0.6) is 0 Å². The SMILES string of the molecule is Cl.Cl.O=C(O)c1cc2cc(NC(=O)[C@@H]3NCC[C@H]3N3CCCCC3)ccc2o1. The van der Waals surface area contributed by atoms with Crippen LogP contribution in [-0.2, 0) is 4.79 Å². The van der Waals surface area contributed by atoms with Crippen LogP contribution < -0.4 is 10.6 Å². The second-order valence-corrected chi connectivity index (χ2v) is 7.04.